The first-order valence-corrected chi connectivity index (χ1v) is 19.1. The summed E-state index contributed by atoms with van der Waals surface area (Å²) in [5, 5.41) is 8.24. The maximum Gasteiger partial charge on any atom is 0.196 e. The first-order valence-electron chi connectivity index (χ1n) is 18.3. The molecule has 8 aromatic rings. The van der Waals surface area contributed by atoms with Crippen molar-refractivity contribution >= 4 is 68.5 Å². The molecule has 58 heavy (non-hydrogen) atoms. The quantitative estimate of drug-likeness (QED) is 0.0659. The van der Waals surface area contributed by atoms with Crippen molar-refractivity contribution in [2.45, 2.75) is 13.3 Å². The second kappa shape index (κ2) is 18.4. The Balaban J connectivity index is 0.000000177. The molecule has 0 aliphatic carbocycles. The van der Waals surface area contributed by atoms with Gasteiger partial charge in [-0.2, -0.15) is 0 Å². The minimum Gasteiger partial charge on any atom is -0.457 e. The zero-order valence-corrected chi connectivity index (χ0v) is 32.6. The summed E-state index contributed by atoms with van der Waals surface area (Å²) >= 11 is 12.8. The number of rotatable bonds is 14. The second-order valence-electron chi connectivity index (χ2n) is 12.7. The number of carbonyl (C=O) groups is 2. The molecule has 0 saturated carbocycles. The summed E-state index contributed by atoms with van der Waals surface area (Å²) < 4.78 is 11.6. The van der Waals surface area contributed by atoms with E-state index < -0.39 is 0 Å². The molecule has 6 N–H and O–H groups in total. The molecule has 4 aromatic heterocycles. The highest BCUT2D eigenvalue weighted by Crippen LogP contribution is 2.33. The number of nitrogens with zero attached hydrogens (tertiary/aromatic N) is 4. The first-order chi connectivity index (χ1) is 28.3. The number of ether oxygens (including phenoxy) is 2. The second-order valence-corrected chi connectivity index (χ2v) is 13.5. The highest BCUT2D eigenvalue weighted by molar-refractivity contribution is 6.36. The molecule has 4 aromatic carbocycles. The monoisotopic (exact) mass is 813 g/mol. The summed E-state index contributed by atoms with van der Waals surface area (Å²) in [6, 6.07) is 28.8. The fourth-order valence-electron chi connectivity index (χ4n) is 6.01. The summed E-state index contributed by atoms with van der Waals surface area (Å²) in [5.74, 6) is 3.22. The highest BCUT2D eigenvalue weighted by atomic mass is 35.5. The third kappa shape index (κ3) is 8.92. The van der Waals surface area contributed by atoms with Crippen LogP contribution in [0.2, 0.25) is 10.0 Å². The number of aromatic nitrogens is 6. The normalized spacial score (nSPS) is 10.8. The number of halogens is 2. The largest absolute Gasteiger partial charge is 0.457 e. The van der Waals surface area contributed by atoms with Gasteiger partial charge >= 0.3 is 0 Å². The number of anilines is 2. The van der Waals surface area contributed by atoms with Crippen molar-refractivity contribution in [2.75, 3.05) is 30.3 Å². The van der Waals surface area contributed by atoms with Gasteiger partial charge in [0, 0.05) is 55.3 Å². The highest BCUT2D eigenvalue weighted by Gasteiger charge is 2.22. The average Bonchev–Trinajstić information content (AvgIpc) is 3.89. The Labute approximate surface area is 343 Å². The van der Waals surface area contributed by atoms with Gasteiger partial charge in [-0.25, -0.2) is 19.9 Å². The van der Waals surface area contributed by atoms with E-state index in [1.165, 1.54) is 12.7 Å². The molecule has 0 saturated heterocycles. The number of fused-ring (bicyclic) bond motifs is 2. The van der Waals surface area contributed by atoms with Gasteiger partial charge in [-0.1, -0.05) is 66.5 Å². The van der Waals surface area contributed by atoms with E-state index in [4.69, 9.17) is 38.4 Å². The Morgan fingerprint density at radius 2 is 1.05 bits per heavy atom. The van der Waals surface area contributed by atoms with Gasteiger partial charge in [0.15, 0.2) is 11.6 Å². The van der Waals surface area contributed by atoms with Crippen LogP contribution >= 0.6 is 23.2 Å². The molecule has 0 fully saturated rings. The van der Waals surface area contributed by atoms with Crippen molar-refractivity contribution in [3.63, 3.8) is 0 Å². The fraction of sp³-hybridized carbons (Fsp3) is 0.116. The number of carbonyl (C=O) groups excluding carboxylic acids is 2. The Morgan fingerprint density at radius 3 is 1.47 bits per heavy atom. The van der Waals surface area contributed by atoms with Crippen LogP contribution in [-0.4, -0.2) is 61.1 Å². The summed E-state index contributed by atoms with van der Waals surface area (Å²) in [4.78, 5) is 49.4. The Hall–Kier alpha value is -6.80. The zero-order valence-electron chi connectivity index (χ0n) is 31.1. The van der Waals surface area contributed by atoms with Gasteiger partial charge in [-0.15, -0.1) is 0 Å². The lowest BCUT2D eigenvalue weighted by atomic mass is 10.0. The van der Waals surface area contributed by atoms with Gasteiger partial charge in [0.1, 0.15) is 58.6 Å². The van der Waals surface area contributed by atoms with E-state index in [-0.39, 0.29) is 11.6 Å². The summed E-state index contributed by atoms with van der Waals surface area (Å²) in [6.07, 6.45) is 7.08. The molecular weight excluding hydrogens is 777 g/mol. The maximum atomic E-state index is 13.2. The lowest BCUT2D eigenvalue weighted by Crippen LogP contribution is -2.14. The van der Waals surface area contributed by atoms with Crippen molar-refractivity contribution in [1.82, 2.24) is 29.9 Å². The molecule has 13 nitrogen and oxygen atoms in total. The van der Waals surface area contributed by atoms with E-state index in [0.29, 0.717) is 102 Å². The van der Waals surface area contributed by atoms with E-state index in [0.717, 1.165) is 13.0 Å². The van der Waals surface area contributed by atoms with Crippen molar-refractivity contribution in [1.29, 1.82) is 0 Å². The van der Waals surface area contributed by atoms with Crippen molar-refractivity contribution in [2.24, 2.45) is 5.73 Å². The number of nitrogens with one attached hydrogen (secondary N) is 4. The van der Waals surface area contributed by atoms with E-state index >= 15 is 0 Å². The van der Waals surface area contributed by atoms with Crippen LogP contribution in [0.1, 0.15) is 45.2 Å². The number of nitrogens with two attached hydrogens (primary N) is 1. The maximum absolute atomic E-state index is 13.2. The van der Waals surface area contributed by atoms with Crippen molar-refractivity contribution < 1.29 is 19.1 Å². The molecule has 0 amide bonds. The molecule has 15 heteroatoms. The number of hydrogen-bond donors (Lipinski definition) is 5. The van der Waals surface area contributed by atoms with Gasteiger partial charge in [-0.05, 0) is 55.0 Å². The molecular formula is C43H37Cl2N9O4. The molecule has 8 rings (SSSR count). The molecule has 0 unspecified atom stereocenters. The van der Waals surface area contributed by atoms with E-state index in [2.05, 4.69) is 47.5 Å². The Bertz CT molecular complexity index is 2500. The minimum atomic E-state index is -0.238. The number of H-pyrrole nitrogens is 2. The van der Waals surface area contributed by atoms with Crippen LogP contribution in [0, 0.1) is 0 Å². The number of para-hydroxylation sites is 2. The molecule has 0 radical (unpaired) electrons. The lowest BCUT2D eigenvalue weighted by Gasteiger charge is -2.09. The number of benzene rings is 4. The van der Waals surface area contributed by atoms with Crippen LogP contribution in [0.25, 0.3) is 22.1 Å². The molecule has 0 atom stereocenters. The van der Waals surface area contributed by atoms with Gasteiger partial charge in [0.25, 0.3) is 0 Å². The minimum absolute atomic E-state index is 0.207. The van der Waals surface area contributed by atoms with Crippen LogP contribution in [0.3, 0.4) is 0 Å². The van der Waals surface area contributed by atoms with E-state index in [1.807, 2.05) is 60.7 Å². The Morgan fingerprint density at radius 1 is 0.603 bits per heavy atom. The summed E-state index contributed by atoms with van der Waals surface area (Å²) in [7, 11) is 0. The summed E-state index contributed by atoms with van der Waals surface area (Å²) in [6.45, 7) is 3.77. The van der Waals surface area contributed by atoms with E-state index in [1.54, 1.807) is 48.8 Å². The number of hydrogen-bond acceptors (Lipinski definition) is 11. The standard InChI is InChI=1S/C22H19ClN4O2.C21H18ClN5O2/c1-2-10-24-21-19-17(12-25-22(19)27-13-26-21)20(28)16-9-8-15(11-18(16)23)29-14-6-4-3-5-7-14;22-17-10-14(29-13-4-2-1-3-5-13)6-7-15(17)19(28)16-11-25-21-18(16)20(24-9-8-23)26-12-27-21/h3-9,11-13H,2,10H2,1H3,(H2,24,25,26,27);1-7,10-12H,8-9,23H2,(H2,24,25,26,27). The number of ketones is 2. The van der Waals surface area contributed by atoms with Crippen LogP contribution < -0.4 is 25.8 Å². The molecule has 0 bridgehead atoms. The SMILES string of the molecule is CCCNc1ncnc2[nH]cc(C(=O)c3ccc(Oc4ccccc4)cc3Cl)c12.NCCNc1ncnc2[nH]cc(C(=O)c3ccc(Oc4ccccc4)cc3Cl)c12. The zero-order chi connectivity index (χ0) is 40.4. The van der Waals surface area contributed by atoms with Gasteiger partial charge in [0.05, 0.1) is 31.9 Å². The Kier molecular flexibility index (Phi) is 12.5. The van der Waals surface area contributed by atoms with Crippen molar-refractivity contribution in [3.05, 3.63) is 154 Å². The third-order valence-electron chi connectivity index (χ3n) is 8.74. The average molecular weight is 815 g/mol. The molecule has 4 heterocycles. The predicted molar refractivity (Wildman–Crippen MR) is 227 cm³/mol. The molecule has 292 valence electrons. The molecule has 0 aliphatic rings. The van der Waals surface area contributed by atoms with Crippen LogP contribution in [-0.2, 0) is 0 Å². The summed E-state index contributed by atoms with van der Waals surface area (Å²) in [5.41, 5.74) is 8.37. The van der Waals surface area contributed by atoms with Gasteiger partial charge < -0.3 is 35.8 Å². The van der Waals surface area contributed by atoms with Gasteiger partial charge in [-0.3, -0.25) is 9.59 Å². The molecule has 0 spiro atoms. The smallest absolute Gasteiger partial charge is 0.196 e. The fourth-order valence-corrected chi connectivity index (χ4v) is 6.52. The van der Waals surface area contributed by atoms with Crippen LogP contribution in [0.15, 0.2) is 122 Å². The van der Waals surface area contributed by atoms with Crippen molar-refractivity contribution in [3.8, 4) is 23.0 Å². The lowest BCUT2D eigenvalue weighted by molar-refractivity contribution is 0.103. The van der Waals surface area contributed by atoms with Crippen LogP contribution in [0.5, 0.6) is 23.0 Å². The molecule has 0 aliphatic heterocycles. The third-order valence-corrected chi connectivity index (χ3v) is 9.36. The number of aromatic amines is 2. The van der Waals surface area contributed by atoms with Gasteiger partial charge in [0.2, 0.25) is 0 Å². The van der Waals surface area contributed by atoms with Crippen LogP contribution in [0.4, 0.5) is 11.6 Å². The predicted octanol–water partition coefficient (Wildman–Crippen LogP) is 9.46. The first kappa shape index (κ1) is 39.4. The topological polar surface area (TPSA) is 186 Å². The van der Waals surface area contributed by atoms with E-state index in [9.17, 15) is 9.59 Å².